The van der Waals surface area contributed by atoms with Gasteiger partial charge >= 0.3 is 0 Å². The Morgan fingerprint density at radius 3 is 2.23 bits per heavy atom. The zero-order chi connectivity index (χ0) is 18.4. The smallest absolute Gasteiger partial charge is 0.187 e. The van der Waals surface area contributed by atoms with Crippen molar-refractivity contribution >= 4 is 5.69 Å². The van der Waals surface area contributed by atoms with E-state index in [2.05, 4.69) is 10.9 Å². The molecule has 0 amide bonds. The molecule has 0 N–H and O–H groups in total. The molecule has 3 rings (SSSR count). The van der Waals surface area contributed by atoms with Gasteiger partial charge in [0.15, 0.2) is 5.69 Å². The first-order valence-electron chi connectivity index (χ1n) is 8.06. The summed E-state index contributed by atoms with van der Waals surface area (Å²) in [5.41, 5.74) is 3.31. The first-order chi connectivity index (χ1) is 12.7. The molecule has 0 atom stereocenters. The Balaban J connectivity index is 1.70. The SMILES string of the molecule is [C-]#[N+]c1ccc(Oc2ccc(C)c(COc3ccc(C#N)cc3)c2)cc1. The van der Waals surface area contributed by atoms with Crippen molar-refractivity contribution in [3.05, 3.63) is 94.8 Å². The van der Waals surface area contributed by atoms with Crippen molar-refractivity contribution in [2.75, 3.05) is 0 Å². The predicted octanol–water partition coefficient (Wildman–Crippen LogP) is 5.79. The van der Waals surface area contributed by atoms with Gasteiger partial charge in [0.2, 0.25) is 0 Å². The largest absolute Gasteiger partial charge is 0.489 e. The van der Waals surface area contributed by atoms with Crippen LogP contribution in [0.1, 0.15) is 16.7 Å². The zero-order valence-electron chi connectivity index (χ0n) is 14.3. The Morgan fingerprint density at radius 2 is 1.58 bits per heavy atom. The lowest BCUT2D eigenvalue weighted by molar-refractivity contribution is 0.305. The number of hydrogen-bond acceptors (Lipinski definition) is 3. The van der Waals surface area contributed by atoms with Gasteiger partial charge in [0.25, 0.3) is 0 Å². The zero-order valence-corrected chi connectivity index (χ0v) is 14.3. The van der Waals surface area contributed by atoms with Crippen molar-refractivity contribution in [1.29, 1.82) is 5.26 Å². The molecule has 0 saturated heterocycles. The standard InChI is InChI=1S/C22H16N2O2/c1-16-3-8-22(26-21-11-6-19(24-2)7-12-21)13-18(16)15-25-20-9-4-17(14-23)5-10-20/h3-13H,15H2,1H3. The topological polar surface area (TPSA) is 46.6 Å². The maximum atomic E-state index is 8.83. The monoisotopic (exact) mass is 340 g/mol. The molecular weight excluding hydrogens is 324 g/mol. The second-order valence-electron chi connectivity index (χ2n) is 5.72. The first kappa shape index (κ1) is 17.1. The van der Waals surface area contributed by atoms with E-state index < -0.39 is 0 Å². The molecule has 0 aliphatic rings. The van der Waals surface area contributed by atoms with Crippen LogP contribution in [0.3, 0.4) is 0 Å². The highest BCUT2D eigenvalue weighted by Gasteiger charge is 2.05. The summed E-state index contributed by atoms with van der Waals surface area (Å²) in [4.78, 5) is 3.37. The van der Waals surface area contributed by atoms with Crippen molar-refractivity contribution in [3.63, 3.8) is 0 Å². The molecular formula is C22H16N2O2. The van der Waals surface area contributed by atoms with E-state index in [0.29, 0.717) is 35.1 Å². The second-order valence-corrected chi connectivity index (χ2v) is 5.72. The molecule has 0 aromatic heterocycles. The second kappa shape index (κ2) is 7.88. The third-order valence-electron chi connectivity index (χ3n) is 3.90. The Hall–Kier alpha value is -3.76. The Kier molecular flexibility index (Phi) is 5.17. The molecule has 4 nitrogen and oxygen atoms in total. The molecule has 0 bridgehead atoms. The number of rotatable bonds is 5. The number of nitriles is 1. The normalized spacial score (nSPS) is 9.81. The highest BCUT2D eigenvalue weighted by Crippen LogP contribution is 2.26. The lowest BCUT2D eigenvalue weighted by Gasteiger charge is -2.12. The van der Waals surface area contributed by atoms with Crippen molar-refractivity contribution in [1.82, 2.24) is 0 Å². The fourth-order valence-corrected chi connectivity index (χ4v) is 2.38. The van der Waals surface area contributed by atoms with Crippen molar-refractivity contribution in [2.24, 2.45) is 0 Å². The summed E-state index contributed by atoms with van der Waals surface area (Å²) in [5.74, 6) is 2.11. The molecule has 0 spiro atoms. The van der Waals surface area contributed by atoms with E-state index in [4.69, 9.17) is 21.3 Å². The Labute approximate surface area is 152 Å². The van der Waals surface area contributed by atoms with Crippen LogP contribution in [0, 0.1) is 24.8 Å². The van der Waals surface area contributed by atoms with Crippen LogP contribution in [0.15, 0.2) is 66.7 Å². The van der Waals surface area contributed by atoms with Gasteiger partial charge in [0.1, 0.15) is 23.9 Å². The highest BCUT2D eigenvalue weighted by molar-refractivity contribution is 5.48. The van der Waals surface area contributed by atoms with Gasteiger partial charge < -0.3 is 9.47 Å². The maximum Gasteiger partial charge on any atom is 0.187 e. The van der Waals surface area contributed by atoms with Crippen LogP contribution in [0.25, 0.3) is 4.85 Å². The van der Waals surface area contributed by atoms with Gasteiger partial charge in [-0.1, -0.05) is 18.2 Å². The summed E-state index contributed by atoms with van der Waals surface area (Å²) < 4.78 is 11.7. The molecule has 0 fully saturated rings. The summed E-state index contributed by atoms with van der Waals surface area (Å²) in [7, 11) is 0. The molecule has 0 saturated carbocycles. The minimum Gasteiger partial charge on any atom is -0.489 e. The predicted molar refractivity (Wildman–Crippen MR) is 99.4 cm³/mol. The molecule has 0 aliphatic heterocycles. The van der Waals surface area contributed by atoms with E-state index in [1.807, 2.05) is 25.1 Å². The van der Waals surface area contributed by atoms with Gasteiger partial charge in [-0.25, -0.2) is 4.85 Å². The number of ether oxygens (including phenoxy) is 2. The van der Waals surface area contributed by atoms with Crippen LogP contribution >= 0.6 is 0 Å². The van der Waals surface area contributed by atoms with Crippen LogP contribution in [-0.2, 0) is 6.61 Å². The Morgan fingerprint density at radius 1 is 0.923 bits per heavy atom. The van der Waals surface area contributed by atoms with Gasteiger partial charge in [0, 0.05) is 0 Å². The third kappa shape index (κ3) is 4.20. The number of nitrogens with zero attached hydrogens (tertiary/aromatic N) is 2. The molecule has 3 aromatic rings. The van der Waals surface area contributed by atoms with Crippen molar-refractivity contribution in [3.8, 4) is 23.3 Å². The molecule has 3 aromatic carbocycles. The van der Waals surface area contributed by atoms with E-state index in [9.17, 15) is 0 Å². The van der Waals surface area contributed by atoms with Crippen molar-refractivity contribution in [2.45, 2.75) is 13.5 Å². The van der Waals surface area contributed by atoms with Crippen LogP contribution < -0.4 is 9.47 Å². The summed E-state index contributed by atoms with van der Waals surface area (Å²) in [6, 6.07) is 22.0. The van der Waals surface area contributed by atoms with Gasteiger partial charge in [-0.15, -0.1) is 0 Å². The third-order valence-corrected chi connectivity index (χ3v) is 3.90. The van der Waals surface area contributed by atoms with Gasteiger partial charge in [-0.05, 0) is 66.6 Å². The fourth-order valence-electron chi connectivity index (χ4n) is 2.38. The first-order valence-corrected chi connectivity index (χ1v) is 8.06. The molecule has 26 heavy (non-hydrogen) atoms. The lowest BCUT2D eigenvalue weighted by atomic mass is 10.1. The van der Waals surface area contributed by atoms with Gasteiger partial charge in [-0.2, -0.15) is 5.26 Å². The van der Waals surface area contributed by atoms with Crippen LogP contribution in [0.5, 0.6) is 17.2 Å². The van der Waals surface area contributed by atoms with Crippen LogP contribution in [0.4, 0.5) is 5.69 Å². The summed E-state index contributed by atoms with van der Waals surface area (Å²) in [5, 5.41) is 8.83. The van der Waals surface area contributed by atoms with E-state index in [1.54, 1.807) is 48.5 Å². The van der Waals surface area contributed by atoms with E-state index in [1.165, 1.54) is 0 Å². The molecule has 0 heterocycles. The molecule has 0 radical (unpaired) electrons. The Bertz CT molecular complexity index is 979. The van der Waals surface area contributed by atoms with Gasteiger partial charge in [0.05, 0.1) is 18.2 Å². The number of benzene rings is 3. The lowest BCUT2D eigenvalue weighted by Crippen LogP contribution is -1.98. The van der Waals surface area contributed by atoms with E-state index in [0.717, 1.165) is 11.1 Å². The van der Waals surface area contributed by atoms with E-state index >= 15 is 0 Å². The molecule has 0 unspecified atom stereocenters. The molecule has 4 heteroatoms. The summed E-state index contributed by atoms with van der Waals surface area (Å²) in [6.07, 6.45) is 0. The number of hydrogen-bond donors (Lipinski definition) is 0. The van der Waals surface area contributed by atoms with Crippen LogP contribution in [-0.4, -0.2) is 0 Å². The van der Waals surface area contributed by atoms with E-state index in [-0.39, 0.29) is 0 Å². The summed E-state index contributed by atoms with van der Waals surface area (Å²) >= 11 is 0. The van der Waals surface area contributed by atoms with Gasteiger partial charge in [-0.3, -0.25) is 0 Å². The maximum absolute atomic E-state index is 8.83. The average Bonchev–Trinajstić information content (AvgIpc) is 2.69. The summed E-state index contributed by atoms with van der Waals surface area (Å²) in [6.45, 7) is 9.41. The van der Waals surface area contributed by atoms with Crippen LogP contribution in [0.2, 0.25) is 0 Å². The quantitative estimate of drug-likeness (QED) is 0.552. The minimum atomic E-state index is 0.408. The minimum absolute atomic E-state index is 0.408. The highest BCUT2D eigenvalue weighted by atomic mass is 16.5. The molecule has 0 aliphatic carbocycles. The fraction of sp³-hybridized carbons (Fsp3) is 0.0909. The molecule has 126 valence electrons. The number of aryl methyl sites for hydroxylation is 1. The average molecular weight is 340 g/mol. The van der Waals surface area contributed by atoms with Crippen molar-refractivity contribution < 1.29 is 9.47 Å².